The van der Waals surface area contributed by atoms with E-state index in [0.29, 0.717) is 0 Å². The van der Waals surface area contributed by atoms with Crippen LogP contribution in [0.1, 0.15) is 29.9 Å². The van der Waals surface area contributed by atoms with Crippen LogP contribution in [-0.2, 0) is 0 Å². The van der Waals surface area contributed by atoms with Gasteiger partial charge in [0.2, 0.25) is 0 Å². The number of nitrogens with one attached hydrogen (secondary N) is 1. The maximum atomic E-state index is 7.07. The molecule has 1 aromatic carbocycles. The number of hydrogen-bond donors (Lipinski definition) is 2. The van der Waals surface area contributed by atoms with Crippen LogP contribution in [0.3, 0.4) is 0 Å². The summed E-state index contributed by atoms with van der Waals surface area (Å²) in [6.45, 7) is 0. The summed E-state index contributed by atoms with van der Waals surface area (Å²) in [6, 6.07) is 6.00. The summed E-state index contributed by atoms with van der Waals surface area (Å²) in [6.07, 6.45) is 3.89. The molecule has 0 atom stereocenters. The molecule has 0 unspecified atom stereocenters. The normalized spacial score (nSPS) is 16.0. The molecule has 0 aliphatic heterocycles. The van der Waals surface area contributed by atoms with Crippen LogP contribution in [0, 0.1) is 5.41 Å². The van der Waals surface area contributed by atoms with Gasteiger partial charge in [0.05, 0.1) is 0 Å². The first kappa shape index (κ1) is 7.35. The van der Waals surface area contributed by atoms with Gasteiger partial charge in [0, 0.05) is 17.5 Å². The Balaban J connectivity index is 2.36. The van der Waals surface area contributed by atoms with Crippen molar-refractivity contribution in [3.8, 4) is 0 Å². The Labute approximate surface area is 71.9 Å². The lowest BCUT2D eigenvalue weighted by Gasteiger charge is -2.02. The second-order valence-corrected chi connectivity index (χ2v) is 3.31. The molecule has 1 saturated carbocycles. The smallest absolute Gasteiger partial charge is 0.0405 e. The number of rotatable bonds is 2. The second-order valence-electron chi connectivity index (χ2n) is 3.31. The van der Waals surface area contributed by atoms with Crippen molar-refractivity contribution in [1.82, 2.24) is 0 Å². The predicted molar refractivity (Wildman–Crippen MR) is 50.7 cm³/mol. The van der Waals surface area contributed by atoms with Gasteiger partial charge < -0.3 is 11.1 Å². The van der Waals surface area contributed by atoms with E-state index < -0.39 is 0 Å². The first-order valence-corrected chi connectivity index (χ1v) is 4.21. The van der Waals surface area contributed by atoms with Gasteiger partial charge >= 0.3 is 0 Å². The monoisotopic (exact) mass is 160 g/mol. The van der Waals surface area contributed by atoms with Gasteiger partial charge in [0.15, 0.2) is 0 Å². The molecule has 2 heteroatoms. The van der Waals surface area contributed by atoms with Gasteiger partial charge in [-0.15, -0.1) is 0 Å². The molecule has 1 aromatic rings. The first-order chi connectivity index (χ1) is 5.81. The largest absolute Gasteiger partial charge is 0.398 e. The average molecular weight is 160 g/mol. The van der Waals surface area contributed by atoms with Gasteiger partial charge in [-0.25, -0.2) is 0 Å². The summed E-state index contributed by atoms with van der Waals surface area (Å²) in [7, 11) is 0. The third-order valence-electron chi connectivity index (χ3n) is 2.32. The summed E-state index contributed by atoms with van der Waals surface area (Å²) in [5.74, 6) is 0.743. The lowest BCUT2D eigenvalue weighted by Crippen LogP contribution is -1.93. The molecule has 0 spiro atoms. The molecule has 0 saturated heterocycles. The minimum atomic E-state index is 0.731. The molecule has 0 radical (unpaired) electrons. The van der Waals surface area contributed by atoms with E-state index in [0.717, 1.165) is 17.2 Å². The number of hydrogen-bond acceptors (Lipinski definition) is 2. The molecule has 0 bridgehead atoms. The first-order valence-electron chi connectivity index (χ1n) is 4.21. The van der Waals surface area contributed by atoms with Gasteiger partial charge in [0.1, 0.15) is 0 Å². The zero-order chi connectivity index (χ0) is 8.55. The fourth-order valence-corrected chi connectivity index (χ4v) is 1.40. The maximum Gasteiger partial charge on any atom is 0.0405 e. The van der Waals surface area contributed by atoms with Gasteiger partial charge in [-0.05, 0) is 30.4 Å². The van der Waals surface area contributed by atoms with Crippen molar-refractivity contribution >= 4 is 11.9 Å². The highest BCUT2D eigenvalue weighted by Crippen LogP contribution is 2.40. The van der Waals surface area contributed by atoms with Gasteiger partial charge in [-0.2, -0.15) is 0 Å². The molecule has 2 rings (SSSR count). The molecule has 1 aliphatic carbocycles. The minimum Gasteiger partial charge on any atom is -0.398 e. The molecular formula is C10H12N2. The second kappa shape index (κ2) is 2.63. The van der Waals surface area contributed by atoms with Crippen LogP contribution < -0.4 is 5.73 Å². The molecule has 3 N–H and O–H groups in total. The topological polar surface area (TPSA) is 49.9 Å². The number of anilines is 1. The third kappa shape index (κ3) is 1.20. The summed E-state index contributed by atoms with van der Waals surface area (Å²) < 4.78 is 0. The highest BCUT2D eigenvalue weighted by Gasteiger charge is 2.23. The van der Waals surface area contributed by atoms with E-state index in [1.165, 1.54) is 24.6 Å². The number of benzene rings is 1. The van der Waals surface area contributed by atoms with Crippen LogP contribution >= 0.6 is 0 Å². The van der Waals surface area contributed by atoms with Crippen molar-refractivity contribution in [3.63, 3.8) is 0 Å². The lowest BCUT2D eigenvalue weighted by atomic mass is 10.1. The van der Waals surface area contributed by atoms with Crippen molar-refractivity contribution in [2.45, 2.75) is 18.8 Å². The number of nitrogen functional groups attached to an aromatic ring is 1. The molecule has 0 amide bonds. The molecule has 0 aromatic heterocycles. The van der Waals surface area contributed by atoms with Crippen molar-refractivity contribution in [3.05, 3.63) is 29.3 Å². The van der Waals surface area contributed by atoms with Crippen molar-refractivity contribution in [2.24, 2.45) is 0 Å². The zero-order valence-electron chi connectivity index (χ0n) is 6.88. The molecule has 1 aliphatic rings. The maximum absolute atomic E-state index is 7.07. The highest BCUT2D eigenvalue weighted by molar-refractivity contribution is 5.85. The van der Waals surface area contributed by atoms with E-state index in [2.05, 4.69) is 6.07 Å². The Bertz CT molecular complexity index is 314. The van der Waals surface area contributed by atoms with Gasteiger partial charge in [-0.1, -0.05) is 12.1 Å². The Morgan fingerprint density at radius 1 is 1.42 bits per heavy atom. The van der Waals surface area contributed by atoms with Crippen LogP contribution in [0.4, 0.5) is 5.69 Å². The van der Waals surface area contributed by atoms with E-state index in [-0.39, 0.29) is 0 Å². The van der Waals surface area contributed by atoms with Crippen LogP contribution in [-0.4, -0.2) is 6.21 Å². The minimum absolute atomic E-state index is 0.731. The lowest BCUT2D eigenvalue weighted by molar-refractivity contribution is 1.13. The number of nitrogens with two attached hydrogens (primary N) is 1. The van der Waals surface area contributed by atoms with Gasteiger partial charge in [-0.3, -0.25) is 0 Å². The summed E-state index contributed by atoms with van der Waals surface area (Å²) in [5, 5.41) is 7.07. The highest BCUT2D eigenvalue weighted by atomic mass is 14.6. The molecule has 0 heterocycles. The van der Waals surface area contributed by atoms with E-state index in [4.69, 9.17) is 11.1 Å². The van der Waals surface area contributed by atoms with E-state index in [1.807, 2.05) is 12.1 Å². The van der Waals surface area contributed by atoms with Crippen LogP contribution in [0.2, 0.25) is 0 Å². The molecule has 62 valence electrons. The summed E-state index contributed by atoms with van der Waals surface area (Å²) in [5.41, 5.74) is 8.63. The molecular weight excluding hydrogens is 148 g/mol. The Kier molecular flexibility index (Phi) is 1.61. The fourth-order valence-electron chi connectivity index (χ4n) is 1.40. The molecule has 12 heavy (non-hydrogen) atoms. The SMILES string of the molecule is N=Cc1ccc(C2CC2)cc1N. The zero-order valence-corrected chi connectivity index (χ0v) is 6.88. The van der Waals surface area contributed by atoms with Gasteiger partial charge in [0.25, 0.3) is 0 Å². The van der Waals surface area contributed by atoms with Crippen LogP contribution in [0.15, 0.2) is 18.2 Å². The van der Waals surface area contributed by atoms with Crippen LogP contribution in [0.25, 0.3) is 0 Å². The molecule has 1 fully saturated rings. The Morgan fingerprint density at radius 3 is 2.67 bits per heavy atom. The van der Waals surface area contributed by atoms with E-state index in [1.54, 1.807) is 0 Å². The van der Waals surface area contributed by atoms with Crippen molar-refractivity contribution < 1.29 is 0 Å². The summed E-state index contributed by atoms with van der Waals surface area (Å²) >= 11 is 0. The van der Waals surface area contributed by atoms with Crippen molar-refractivity contribution in [2.75, 3.05) is 5.73 Å². The molecule has 2 nitrogen and oxygen atoms in total. The third-order valence-corrected chi connectivity index (χ3v) is 2.32. The predicted octanol–water partition coefficient (Wildman–Crippen LogP) is 2.14. The Morgan fingerprint density at radius 2 is 2.17 bits per heavy atom. The summed E-state index contributed by atoms with van der Waals surface area (Å²) in [4.78, 5) is 0. The fraction of sp³-hybridized carbons (Fsp3) is 0.300. The van der Waals surface area contributed by atoms with E-state index >= 15 is 0 Å². The quantitative estimate of drug-likeness (QED) is 0.505. The Hall–Kier alpha value is -1.31. The average Bonchev–Trinajstić information content (AvgIpc) is 2.86. The van der Waals surface area contributed by atoms with Crippen LogP contribution in [0.5, 0.6) is 0 Å². The van der Waals surface area contributed by atoms with E-state index in [9.17, 15) is 0 Å². The van der Waals surface area contributed by atoms with Crippen molar-refractivity contribution in [1.29, 1.82) is 5.41 Å². The standard InChI is InChI=1S/C10H12N2/c11-6-9-4-3-8(5-10(9)12)7-1-2-7/h3-7,11H,1-2,12H2.